The third kappa shape index (κ3) is 28.7. The summed E-state index contributed by atoms with van der Waals surface area (Å²) in [5.74, 6) is -0.465. The van der Waals surface area contributed by atoms with Crippen LogP contribution in [0.2, 0.25) is 0 Å². The molecule has 0 bridgehead atoms. The van der Waals surface area contributed by atoms with Gasteiger partial charge in [0.2, 0.25) is 50.1 Å². The van der Waals surface area contributed by atoms with E-state index in [2.05, 4.69) is 23.9 Å². The molecule has 0 aromatic carbocycles. The maximum atomic E-state index is 15.0. The molecule has 6 fully saturated rings. The Morgan fingerprint density at radius 1 is 0.431 bits per heavy atom. The second-order valence-corrected chi connectivity index (χ2v) is 39.1. The molecule has 6 aliphatic rings. The molecule has 0 aliphatic carbocycles. The van der Waals surface area contributed by atoms with Gasteiger partial charge < -0.3 is 47.4 Å². The first-order valence-electron chi connectivity index (χ1n) is 37.9. The molecule has 45 nitrogen and oxygen atoms in total. The summed E-state index contributed by atoms with van der Waals surface area (Å²) in [7, 11) is -15.3. The van der Waals surface area contributed by atoms with E-state index < -0.39 is 235 Å². The van der Waals surface area contributed by atoms with Crippen molar-refractivity contribution in [1.29, 1.82) is 0 Å². The summed E-state index contributed by atoms with van der Waals surface area (Å²) in [6.45, 7) is 16.9. The number of rotatable bonds is 29. The van der Waals surface area contributed by atoms with Crippen LogP contribution in [0.1, 0.15) is 107 Å². The third-order valence-corrected chi connectivity index (χ3v) is 23.9. The van der Waals surface area contributed by atoms with Crippen LogP contribution in [0.15, 0.2) is 121 Å². The van der Waals surface area contributed by atoms with Gasteiger partial charge in [0.05, 0.1) is 54.5 Å². The van der Waals surface area contributed by atoms with E-state index in [1.54, 1.807) is 69.2 Å². The molecule has 0 spiro atoms. The number of aromatic amines is 5. The summed E-state index contributed by atoms with van der Waals surface area (Å²) in [4.78, 5) is 125. The lowest BCUT2D eigenvalue weighted by molar-refractivity contribution is -0.0617. The number of aromatic nitrogens is 10. The second-order valence-electron chi connectivity index (χ2n) is 29.6. The van der Waals surface area contributed by atoms with E-state index in [1.807, 2.05) is 19.9 Å². The van der Waals surface area contributed by atoms with Crippen LogP contribution in [-0.4, -0.2) is 281 Å². The molecule has 0 saturated carbocycles. The number of nitrogens with zero attached hydrogens (tertiary/aromatic N) is 6. The Hall–Kier alpha value is -8.06. The first kappa shape index (κ1) is 102. The van der Waals surface area contributed by atoms with E-state index in [0.29, 0.717) is 13.0 Å². The highest BCUT2D eigenvalue weighted by Gasteiger charge is 2.53. The maximum absolute atomic E-state index is 15.0. The van der Waals surface area contributed by atoms with Crippen LogP contribution >= 0.6 is 0 Å². The number of alkyl halides is 5. The molecular formula is C68H102F5N15O30S5. The van der Waals surface area contributed by atoms with Crippen molar-refractivity contribution in [3.63, 3.8) is 0 Å². The minimum Gasteiger partial charge on any atom is -0.370 e. The highest BCUT2D eigenvalue weighted by Crippen LogP contribution is 2.39. The van der Waals surface area contributed by atoms with Crippen molar-refractivity contribution in [1.82, 2.24) is 70.9 Å². The fraction of sp³-hybridized carbons (Fsp3) is 0.676. The molecule has 11 heterocycles. The maximum Gasteiger partial charge on any atom is 0.330 e. The summed E-state index contributed by atoms with van der Waals surface area (Å²) >= 11 is 0. The predicted molar refractivity (Wildman–Crippen MR) is 426 cm³/mol. The number of halogens is 5. The monoisotopic (exact) mass is 1860 g/mol. The Morgan fingerprint density at radius 3 is 0.984 bits per heavy atom. The van der Waals surface area contributed by atoms with Gasteiger partial charge in [0.1, 0.15) is 61.0 Å². The summed E-state index contributed by atoms with van der Waals surface area (Å²) in [6.07, 6.45) is -18.2. The van der Waals surface area contributed by atoms with Gasteiger partial charge in [-0.3, -0.25) is 71.7 Å². The molecule has 0 amide bonds. The van der Waals surface area contributed by atoms with Gasteiger partial charge in [-0.1, -0.05) is 0 Å². The third-order valence-electron chi connectivity index (χ3n) is 18.2. The number of hydrogen-bond acceptors (Lipinski definition) is 30. The lowest BCUT2D eigenvalue weighted by Gasteiger charge is -2.25. The molecule has 694 valence electrons. The number of hydrogen-bond donors (Lipinski definition) is 9. The van der Waals surface area contributed by atoms with Crippen molar-refractivity contribution in [3.05, 3.63) is 177 Å². The highest BCUT2D eigenvalue weighted by molar-refractivity contribution is 7.92. The van der Waals surface area contributed by atoms with Crippen molar-refractivity contribution in [2.75, 3.05) is 64.3 Å². The van der Waals surface area contributed by atoms with E-state index in [1.165, 1.54) is 18.4 Å². The van der Waals surface area contributed by atoms with E-state index >= 15 is 4.39 Å². The molecule has 6 saturated heterocycles. The van der Waals surface area contributed by atoms with E-state index in [4.69, 9.17) is 47.4 Å². The fourth-order valence-electron chi connectivity index (χ4n) is 12.9. The Labute approximate surface area is 699 Å². The molecule has 9 N–H and O–H groups in total. The first-order chi connectivity index (χ1) is 57.1. The van der Waals surface area contributed by atoms with Gasteiger partial charge in [0, 0.05) is 92.9 Å². The predicted octanol–water partition coefficient (Wildman–Crippen LogP) is -3.43. The van der Waals surface area contributed by atoms with Gasteiger partial charge in [-0.05, 0) is 95.8 Å². The van der Waals surface area contributed by atoms with Crippen molar-refractivity contribution in [2.24, 2.45) is 0 Å². The second kappa shape index (κ2) is 43.4. The molecule has 5 aromatic rings. The summed E-state index contributed by atoms with van der Waals surface area (Å²) < 4.78 is 260. The van der Waals surface area contributed by atoms with Gasteiger partial charge in [-0.15, -0.1) is 0 Å². The number of sulfonamides is 5. The zero-order valence-electron chi connectivity index (χ0n) is 68.7. The van der Waals surface area contributed by atoms with Crippen LogP contribution in [0.25, 0.3) is 0 Å². The lowest BCUT2D eigenvalue weighted by atomic mass is 10.1. The van der Waals surface area contributed by atoms with Crippen LogP contribution in [0, 0.1) is 0 Å². The van der Waals surface area contributed by atoms with Crippen LogP contribution in [0.4, 0.5) is 22.0 Å². The standard InChI is InChI=1S/C15H22FN3O6S.C14H20FN3O6S.3C13H20FN3O6S/c1-9(2)24-13-10(8-18-5-3-7-26(18,22)23)25-14(12(13)16)19-6-4-11(20)17-15(19)21;1-8(2)23-12-9(5-7-25(21,22)16-3)24-13(11(12)15)18-6-4-10(19)17-14(18)20;2*1-7(2)22-11-8(6-15-24(3,20)21)23-12(10(11)14)17-5-4-9(18)16-13(17)19;1-7(2)22-11-8(6-24(20,21)15-3)23-12(10(11)14)17-5-4-9(18)16-13(17)19/h4,6,9-10,12-14H,3,5,7-8H2,1-2H3,(H,17,20,21);4-9,11-13,16H,1-3H3,(H,17,19,20);3*4-5,7-8,10-12,15H,6H2,1-3H3,(H,16,18,19)/b;7-5+;;;/t10-,12-,13-,14-;9-,11-,12-,13-;3*8-,10-,11-,12-/m11111/s1. The fourth-order valence-corrected chi connectivity index (χ4v) is 16.8. The molecule has 0 unspecified atom stereocenters. The van der Waals surface area contributed by atoms with Crippen LogP contribution in [-0.2, 0) is 97.5 Å². The van der Waals surface area contributed by atoms with E-state index in [0.717, 1.165) is 108 Å². The Bertz CT molecular complexity index is 5540. The average molecular weight is 1860 g/mol. The molecule has 55 heteroatoms. The SMILES string of the molecule is CC(C)O[C@H]1[C@@H](F)[C@H](n2ccc(=O)[nH]c2=O)O[C@@H]1CN1CCCS1(=O)=O.CC(C)O[C@H]1[C@@H](F)[C@H](n2ccc(=O)[nH]c2=O)O[C@@H]1CNS(C)(=O)=O.CC(C)O[C@H]1[C@@H](F)[C@H](n2ccc(=O)[nH]c2=O)O[C@@H]1CNS(C)(=O)=O.CNS(=O)(=O)/C=C/[C@H]1O[C@@H](n2ccc(=O)[nH]c2=O)[C@H](F)[C@@H]1OC(C)C.CNS(=O)(=O)C[C@H]1O[C@@H](n2ccc(=O)[nH]c2=O)[C@H](F)[C@@H]1OC(C)C. The van der Waals surface area contributed by atoms with Crippen molar-refractivity contribution in [3.8, 4) is 0 Å². The zero-order chi connectivity index (χ0) is 92.0. The minimum absolute atomic E-state index is 0.0469. The van der Waals surface area contributed by atoms with Crippen molar-refractivity contribution < 1.29 is 111 Å². The van der Waals surface area contributed by atoms with Crippen molar-refractivity contribution >= 4 is 50.1 Å². The van der Waals surface area contributed by atoms with Crippen molar-refractivity contribution in [2.45, 2.75) is 229 Å². The number of nitrogens with one attached hydrogen (secondary N) is 9. The Balaban J connectivity index is 0.000000211. The largest absolute Gasteiger partial charge is 0.370 e. The van der Waals surface area contributed by atoms with Gasteiger partial charge in [-0.25, -0.2) is 107 Å². The average Bonchev–Trinajstić information content (AvgIpc) is 1.65. The van der Waals surface area contributed by atoms with Gasteiger partial charge >= 0.3 is 28.4 Å². The normalized spacial score (nSPS) is 28.5. The molecular weight excluding hydrogens is 1760 g/mol. The summed E-state index contributed by atoms with van der Waals surface area (Å²) in [6, 6.07) is 5.33. The number of ether oxygens (including phenoxy) is 10. The van der Waals surface area contributed by atoms with Gasteiger partial charge in [-0.2, -0.15) is 4.31 Å². The molecule has 5 aromatic heterocycles. The molecule has 11 rings (SSSR count). The van der Waals surface area contributed by atoms with E-state index in [-0.39, 0.29) is 55.9 Å². The molecule has 20 atom stereocenters. The van der Waals surface area contributed by atoms with Crippen LogP contribution in [0.3, 0.4) is 0 Å². The summed E-state index contributed by atoms with van der Waals surface area (Å²) in [5.41, 5.74) is -7.23. The lowest BCUT2D eigenvalue weighted by Crippen LogP contribution is -2.42. The highest BCUT2D eigenvalue weighted by atomic mass is 32.2. The molecule has 0 radical (unpaired) electrons. The number of H-pyrrole nitrogens is 5. The van der Waals surface area contributed by atoms with E-state index in [9.17, 15) is 108 Å². The topological polar surface area (TPSA) is 589 Å². The Morgan fingerprint density at radius 2 is 0.707 bits per heavy atom. The minimum atomic E-state index is -3.68. The smallest absolute Gasteiger partial charge is 0.330 e. The summed E-state index contributed by atoms with van der Waals surface area (Å²) in [5, 5.41) is 0.846. The Kier molecular flexibility index (Phi) is 36.0. The van der Waals surface area contributed by atoms with Gasteiger partial charge in [0.15, 0.2) is 62.0 Å². The quantitative estimate of drug-likeness (QED) is 0.0210. The zero-order valence-corrected chi connectivity index (χ0v) is 72.8. The van der Waals surface area contributed by atoms with Gasteiger partial charge in [0.25, 0.3) is 27.8 Å². The molecule has 123 heavy (non-hydrogen) atoms. The van der Waals surface area contributed by atoms with Crippen LogP contribution < -0.4 is 75.1 Å². The van der Waals surface area contributed by atoms with Crippen LogP contribution in [0.5, 0.6) is 0 Å². The molecule has 6 aliphatic heterocycles. The first-order valence-corrected chi connectivity index (χ1v) is 46.5.